The summed E-state index contributed by atoms with van der Waals surface area (Å²) in [4.78, 5) is 21.2. The fraction of sp³-hybridized carbons (Fsp3) is 0.167. The Bertz CT molecular complexity index is 405. The van der Waals surface area contributed by atoms with E-state index in [0.717, 1.165) is 17.2 Å². The van der Waals surface area contributed by atoms with Crippen molar-refractivity contribution in [3.63, 3.8) is 0 Å². The minimum atomic E-state index is -0.980. The summed E-state index contributed by atoms with van der Waals surface area (Å²) in [6, 6.07) is 7.25. The van der Waals surface area contributed by atoms with Gasteiger partial charge in [0.2, 0.25) is 0 Å². The van der Waals surface area contributed by atoms with Crippen LogP contribution in [0.25, 0.3) is 6.08 Å². The molecule has 1 aromatic rings. The second kappa shape index (κ2) is 5.10. The molecule has 0 aliphatic rings. The lowest BCUT2D eigenvalue weighted by Gasteiger charge is -1.99. The normalized spacial score (nSPS) is 10.5. The number of aliphatic carboxylic acids is 1. The molecule has 0 saturated heterocycles. The summed E-state index contributed by atoms with van der Waals surface area (Å²) in [6.07, 6.45) is 2.97. The maximum absolute atomic E-state index is 10.9. The fourth-order valence-electron chi connectivity index (χ4n) is 1.26. The summed E-state index contributed by atoms with van der Waals surface area (Å²) >= 11 is 0. The van der Waals surface area contributed by atoms with Crippen LogP contribution in [0.3, 0.4) is 0 Å². The Kier molecular flexibility index (Phi) is 3.80. The zero-order valence-electron chi connectivity index (χ0n) is 8.43. The fourth-order valence-corrected chi connectivity index (χ4v) is 1.26. The Balaban J connectivity index is 2.82. The molecule has 0 aliphatic carbocycles. The zero-order chi connectivity index (χ0) is 11.3. The first kappa shape index (κ1) is 11.2. The van der Waals surface area contributed by atoms with Gasteiger partial charge in [-0.3, -0.25) is 4.79 Å². The molecule has 0 radical (unpaired) electrons. The van der Waals surface area contributed by atoms with E-state index in [1.165, 1.54) is 13.0 Å². The van der Waals surface area contributed by atoms with Crippen LogP contribution in [-0.2, 0) is 16.0 Å². The SMILES string of the molecule is CC(=O)Cc1cccc(/C=C/C(=O)O)c1. The van der Waals surface area contributed by atoms with Crippen LogP contribution in [0.1, 0.15) is 18.1 Å². The van der Waals surface area contributed by atoms with Gasteiger partial charge in [-0.05, 0) is 24.1 Å². The van der Waals surface area contributed by atoms with Crippen LogP contribution in [0, 0.1) is 0 Å². The van der Waals surface area contributed by atoms with Crippen molar-refractivity contribution in [2.45, 2.75) is 13.3 Å². The van der Waals surface area contributed by atoms with Crippen LogP contribution >= 0.6 is 0 Å². The molecule has 3 heteroatoms. The van der Waals surface area contributed by atoms with Gasteiger partial charge in [-0.15, -0.1) is 0 Å². The molecule has 15 heavy (non-hydrogen) atoms. The molecule has 78 valence electrons. The lowest BCUT2D eigenvalue weighted by atomic mass is 10.1. The molecule has 1 N–H and O–H groups in total. The Morgan fingerprint density at radius 2 is 2.13 bits per heavy atom. The summed E-state index contributed by atoms with van der Waals surface area (Å²) in [5, 5.41) is 8.45. The average Bonchev–Trinajstić information content (AvgIpc) is 2.14. The van der Waals surface area contributed by atoms with Crippen molar-refractivity contribution in [3.8, 4) is 0 Å². The van der Waals surface area contributed by atoms with Crippen LogP contribution in [0.4, 0.5) is 0 Å². The van der Waals surface area contributed by atoms with Crippen molar-refractivity contribution in [2.75, 3.05) is 0 Å². The Morgan fingerprint density at radius 3 is 2.73 bits per heavy atom. The zero-order valence-corrected chi connectivity index (χ0v) is 8.43. The molecule has 0 heterocycles. The molecule has 0 aromatic heterocycles. The number of hydrogen-bond acceptors (Lipinski definition) is 2. The van der Waals surface area contributed by atoms with E-state index in [1.807, 2.05) is 6.07 Å². The van der Waals surface area contributed by atoms with E-state index in [4.69, 9.17) is 5.11 Å². The molecule has 0 amide bonds. The summed E-state index contributed by atoms with van der Waals surface area (Å²) < 4.78 is 0. The first-order valence-corrected chi connectivity index (χ1v) is 4.57. The first-order chi connectivity index (χ1) is 7.08. The maximum Gasteiger partial charge on any atom is 0.328 e. The van der Waals surface area contributed by atoms with Crippen molar-refractivity contribution in [1.29, 1.82) is 0 Å². The standard InChI is InChI=1S/C12H12O3/c1-9(13)7-11-4-2-3-10(8-11)5-6-12(14)15/h2-6,8H,7H2,1H3,(H,14,15)/b6-5+. The Morgan fingerprint density at radius 1 is 1.40 bits per heavy atom. The van der Waals surface area contributed by atoms with Gasteiger partial charge in [0.05, 0.1) is 0 Å². The Hall–Kier alpha value is -1.90. The van der Waals surface area contributed by atoms with Gasteiger partial charge >= 0.3 is 5.97 Å². The second-order valence-electron chi connectivity index (χ2n) is 3.30. The van der Waals surface area contributed by atoms with E-state index >= 15 is 0 Å². The molecular weight excluding hydrogens is 192 g/mol. The van der Waals surface area contributed by atoms with Gasteiger partial charge in [-0.2, -0.15) is 0 Å². The van der Waals surface area contributed by atoms with Gasteiger partial charge in [-0.25, -0.2) is 4.79 Å². The summed E-state index contributed by atoms with van der Waals surface area (Å²) in [6.45, 7) is 1.53. The molecular formula is C12H12O3. The van der Waals surface area contributed by atoms with Gasteiger partial charge in [0.15, 0.2) is 0 Å². The molecule has 0 saturated carbocycles. The van der Waals surface area contributed by atoms with Crippen molar-refractivity contribution < 1.29 is 14.7 Å². The molecule has 0 spiro atoms. The molecule has 0 unspecified atom stereocenters. The molecule has 3 nitrogen and oxygen atoms in total. The molecule has 1 aromatic carbocycles. The van der Waals surface area contributed by atoms with E-state index in [0.29, 0.717) is 6.42 Å². The van der Waals surface area contributed by atoms with E-state index in [9.17, 15) is 9.59 Å². The van der Waals surface area contributed by atoms with Crippen molar-refractivity contribution in [3.05, 3.63) is 41.5 Å². The van der Waals surface area contributed by atoms with Gasteiger partial charge in [-0.1, -0.05) is 24.3 Å². The summed E-state index contributed by atoms with van der Waals surface area (Å²) in [5.41, 5.74) is 1.69. The van der Waals surface area contributed by atoms with E-state index in [2.05, 4.69) is 0 Å². The van der Waals surface area contributed by atoms with Crippen molar-refractivity contribution in [2.24, 2.45) is 0 Å². The van der Waals surface area contributed by atoms with Gasteiger partial charge in [0.1, 0.15) is 5.78 Å². The number of Topliss-reactive ketones (excluding diaryl/α,β-unsaturated/α-hetero) is 1. The highest BCUT2D eigenvalue weighted by Gasteiger charge is 1.97. The Labute approximate surface area is 88.0 Å². The number of carbonyl (C=O) groups is 2. The molecule has 0 atom stereocenters. The number of rotatable bonds is 4. The van der Waals surface area contributed by atoms with Crippen LogP contribution in [0.15, 0.2) is 30.3 Å². The van der Waals surface area contributed by atoms with Crippen molar-refractivity contribution in [1.82, 2.24) is 0 Å². The highest BCUT2D eigenvalue weighted by molar-refractivity contribution is 5.85. The number of carboxylic acids is 1. The molecule has 0 bridgehead atoms. The monoisotopic (exact) mass is 204 g/mol. The number of carbonyl (C=O) groups excluding carboxylic acids is 1. The number of hydrogen-bond donors (Lipinski definition) is 1. The summed E-state index contributed by atoms with van der Waals surface area (Å²) in [5.74, 6) is -0.888. The predicted molar refractivity (Wildman–Crippen MR) is 57.5 cm³/mol. The molecule has 1 rings (SSSR count). The van der Waals surface area contributed by atoms with Gasteiger partial charge in [0.25, 0.3) is 0 Å². The first-order valence-electron chi connectivity index (χ1n) is 4.57. The highest BCUT2D eigenvalue weighted by Crippen LogP contribution is 2.08. The highest BCUT2D eigenvalue weighted by atomic mass is 16.4. The van der Waals surface area contributed by atoms with Gasteiger partial charge in [0, 0.05) is 12.5 Å². The number of benzene rings is 1. The lowest BCUT2D eigenvalue weighted by molar-refractivity contribution is -0.131. The molecule has 0 aliphatic heterocycles. The summed E-state index contributed by atoms with van der Waals surface area (Å²) in [7, 11) is 0. The third kappa shape index (κ3) is 4.22. The van der Waals surface area contributed by atoms with Crippen molar-refractivity contribution >= 4 is 17.8 Å². The number of carboxylic acid groups (broad SMARTS) is 1. The topological polar surface area (TPSA) is 54.4 Å². The quantitative estimate of drug-likeness (QED) is 0.762. The van der Waals surface area contributed by atoms with Crippen LogP contribution in [-0.4, -0.2) is 16.9 Å². The second-order valence-corrected chi connectivity index (χ2v) is 3.30. The largest absolute Gasteiger partial charge is 0.478 e. The molecule has 0 fully saturated rings. The van der Waals surface area contributed by atoms with Crippen LogP contribution < -0.4 is 0 Å². The minimum absolute atomic E-state index is 0.0920. The third-order valence-electron chi connectivity index (χ3n) is 1.82. The van der Waals surface area contributed by atoms with E-state index in [-0.39, 0.29) is 5.78 Å². The minimum Gasteiger partial charge on any atom is -0.478 e. The predicted octanol–water partition coefficient (Wildman–Crippen LogP) is 1.92. The van der Waals surface area contributed by atoms with Gasteiger partial charge < -0.3 is 5.11 Å². The van der Waals surface area contributed by atoms with Crippen LogP contribution in [0.2, 0.25) is 0 Å². The third-order valence-corrected chi connectivity index (χ3v) is 1.82. The smallest absolute Gasteiger partial charge is 0.328 e. The van der Waals surface area contributed by atoms with E-state index < -0.39 is 5.97 Å². The van der Waals surface area contributed by atoms with E-state index in [1.54, 1.807) is 18.2 Å². The average molecular weight is 204 g/mol. The lowest BCUT2D eigenvalue weighted by Crippen LogP contribution is -1.96. The number of ketones is 1. The van der Waals surface area contributed by atoms with Crippen LogP contribution in [0.5, 0.6) is 0 Å². The maximum atomic E-state index is 10.9.